The minimum absolute atomic E-state index is 0. The van der Waals surface area contributed by atoms with Gasteiger partial charge >= 0.3 is 0 Å². The SMILES string of the molecule is Cc1cccc(C)c1OCC1CCCN(CCN(C)C)C1.Cl. The third kappa shape index (κ3) is 5.79. The lowest BCUT2D eigenvalue weighted by Crippen LogP contribution is -2.41. The quantitative estimate of drug-likeness (QED) is 0.797. The molecule has 1 aliphatic rings. The summed E-state index contributed by atoms with van der Waals surface area (Å²) in [6, 6.07) is 6.36. The minimum Gasteiger partial charge on any atom is -0.493 e. The van der Waals surface area contributed by atoms with Crippen LogP contribution >= 0.6 is 12.4 Å². The summed E-state index contributed by atoms with van der Waals surface area (Å²) in [5.74, 6) is 1.75. The molecule has 4 heteroatoms. The van der Waals surface area contributed by atoms with Gasteiger partial charge in [-0.15, -0.1) is 12.4 Å². The van der Waals surface area contributed by atoms with Crippen molar-refractivity contribution in [2.75, 3.05) is 46.9 Å². The molecule has 3 nitrogen and oxygen atoms in total. The van der Waals surface area contributed by atoms with E-state index in [2.05, 4.69) is 55.9 Å². The molecule has 1 fully saturated rings. The standard InChI is InChI=1S/C18H30N2O.ClH/c1-15-7-5-8-16(2)18(15)21-14-17-9-6-10-20(13-17)12-11-19(3)4;/h5,7-8,17H,6,9-14H2,1-4H3;1H. The van der Waals surface area contributed by atoms with Crippen molar-refractivity contribution in [3.05, 3.63) is 29.3 Å². The maximum atomic E-state index is 6.14. The summed E-state index contributed by atoms with van der Waals surface area (Å²) >= 11 is 0. The molecule has 2 rings (SSSR count). The average molecular weight is 327 g/mol. The highest BCUT2D eigenvalue weighted by Crippen LogP contribution is 2.24. The first kappa shape index (κ1) is 19.3. The first-order chi connectivity index (χ1) is 10.1. The number of hydrogen-bond donors (Lipinski definition) is 0. The minimum atomic E-state index is 0. The van der Waals surface area contributed by atoms with E-state index in [0.29, 0.717) is 5.92 Å². The molecular weight excluding hydrogens is 296 g/mol. The second-order valence-corrected chi connectivity index (χ2v) is 6.64. The zero-order chi connectivity index (χ0) is 15.2. The summed E-state index contributed by atoms with van der Waals surface area (Å²) in [4.78, 5) is 4.85. The number of hydrogen-bond acceptors (Lipinski definition) is 3. The van der Waals surface area contributed by atoms with Crippen molar-refractivity contribution in [3.8, 4) is 5.75 Å². The van der Waals surface area contributed by atoms with Crippen molar-refractivity contribution < 1.29 is 4.74 Å². The van der Waals surface area contributed by atoms with E-state index in [0.717, 1.165) is 18.9 Å². The van der Waals surface area contributed by atoms with Gasteiger partial charge in [-0.1, -0.05) is 18.2 Å². The van der Waals surface area contributed by atoms with E-state index in [4.69, 9.17) is 4.74 Å². The average Bonchev–Trinajstić information content (AvgIpc) is 2.45. The lowest BCUT2D eigenvalue weighted by molar-refractivity contribution is 0.123. The Morgan fingerprint density at radius 3 is 2.55 bits per heavy atom. The van der Waals surface area contributed by atoms with Crippen molar-refractivity contribution >= 4 is 12.4 Å². The Labute approximate surface area is 142 Å². The van der Waals surface area contributed by atoms with Gasteiger partial charge in [0.25, 0.3) is 0 Å². The number of aryl methyl sites for hydroxylation is 2. The smallest absolute Gasteiger partial charge is 0.125 e. The predicted octanol–water partition coefficient (Wildman–Crippen LogP) is 3.38. The molecule has 0 radical (unpaired) electrons. The van der Waals surface area contributed by atoms with Gasteiger partial charge < -0.3 is 14.5 Å². The lowest BCUT2D eigenvalue weighted by Gasteiger charge is -2.33. The number of rotatable bonds is 6. The molecule has 1 aromatic rings. The van der Waals surface area contributed by atoms with E-state index >= 15 is 0 Å². The van der Waals surface area contributed by atoms with Crippen LogP contribution in [0.1, 0.15) is 24.0 Å². The van der Waals surface area contributed by atoms with Gasteiger partial charge in [-0.05, 0) is 58.5 Å². The molecular formula is C18H31ClN2O. The first-order valence-electron chi connectivity index (χ1n) is 8.12. The molecule has 0 N–H and O–H groups in total. The highest BCUT2D eigenvalue weighted by atomic mass is 35.5. The Hall–Kier alpha value is -0.770. The summed E-state index contributed by atoms with van der Waals surface area (Å²) in [5, 5.41) is 0. The van der Waals surface area contributed by atoms with Gasteiger partial charge in [0, 0.05) is 25.6 Å². The zero-order valence-electron chi connectivity index (χ0n) is 14.5. The summed E-state index contributed by atoms with van der Waals surface area (Å²) in [7, 11) is 4.29. The van der Waals surface area contributed by atoms with Crippen molar-refractivity contribution in [2.24, 2.45) is 5.92 Å². The number of halogens is 1. The van der Waals surface area contributed by atoms with Gasteiger partial charge in [-0.3, -0.25) is 0 Å². The van der Waals surface area contributed by atoms with Crippen LogP contribution in [0.3, 0.4) is 0 Å². The molecule has 1 atom stereocenters. The molecule has 0 spiro atoms. The number of piperidine rings is 1. The molecule has 0 bridgehead atoms. The van der Waals surface area contributed by atoms with Gasteiger partial charge in [0.2, 0.25) is 0 Å². The number of para-hydroxylation sites is 1. The number of likely N-dealkylation sites (tertiary alicyclic amines) is 1. The van der Waals surface area contributed by atoms with Crippen LogP contribution in [0, 0.1) is 19.8 Å². The highest BCUT2D eigenvalue weighted by molar-refractivity contribution is 5.85. The van der Waals surface area contributed by atoms with E-state index in [9.17, 15) is 0 Å². The van der Waals surface area contributed by atoms with Crippen LogP contribution in [0.15, 0.2) is 18.2 Å². The Bertz CT molecular complexity index is 430. The third-order valence-electron chi connectivity index (χ3n) is 4.34. The molecule has 0 aromatic heterocycles. The van der Waals surface area contributed by atoms with Gasteiger partial charge in [-0.25, -0.2) is 0 Å². The molecule has 1 heterocycles. The van der Waals surface area contributed by atoms with Crippen LogP contribution in [0.25, 0.3) is 0 Å². The van der Waals surface area contributed by atoms with E-state index in [1.807, 2.05) is 0 Å². The van der Waals surface area contributed by atoms with Gasteiger partial charge in [0.05, 0.1) is 6.61 Å². The zero-order valence-corrected chi connectivity index (χ0v) is 15.3. The number of benzene rings is 1. The van der Waals surface area contributed by atoms with Crippen molar-refractivity contribution in [2.45, 2.75) is 26.7 Å². The summed E-state index contributed by atoms with van der Waals surface area (Å²) < 4.78 is 6.14. The Kier molecular flexibility index (Phi) is 8.23. The van der Waals surface area contributed by atoms with Gasteiger partial charge in [0.1, 0.15) is 5.75 Å². The molecule has 1 saturated heterocycles. The molecule has 126 valence electrons. The van der Waals surface area contributed by atoms with Crippen LogP contribution in [-0.4, -0.2) is 56.7 Å². The van der Waals surface area contributed by atoms with Crippen LogP contribution in [-0.2, 0) is 0 Å². The second-order valence-electron chi connectivity index (χ2n) is 6.64. The number of nitrogens with zero attached hydrogens (tertiary/aromatic N) is 2. The highest BCUT2D eigenvalue weighted by Gasteiger charge is 2.20. The molecule has 1 aromatic carbocycles. The Balaban J connectivity index is 0.00000242. The van der Waals surface area contributed by atoms with Gasteiger partial charge in [-0.2, -0.15) is 0 Å². The molecule has 1 unspecified atom stereocenters. The van der Waals surface area contributed by atoms with E-state index in [1.54, 1.807) is 0 Å². The summed E-state index contributed by atoms with van der Waals surface area (Å²) in [5.41, 5.74) is 2.49. The fourth-order valence-electron chi connectivity index (χ4n) is 3.06. The van der Waals surface area contributed by atoms with Crippen LogP contribution in [0.4, 0.5) is 0 Å². The topological polar surface area (TPSA) is 15.7 Å². The van der Waals surface area contributed by atoms with Crippen LogP contribution in [0.5, 0.6) is 5.75 Å². The largest absolute Gasteiger partial charge is 0.493 e. The monoisotopic (exact) mass is 326 g/mol. The first-order valence-corrected chi connectivity index (χ1v) is 8.12. The van der Waals surface area contributed by atoms with Crippen molar-refractivity contribution in [1.29, 1.82) is 0 Å². The third-order valence-corrected chi connectivity index (χ3v) is 4.34. The summed E-state index contributed by atoms with van der Waals surface area (Å²) in [6.07, 6.45) is 2.59. The molecule has 0 saturated carbocycles. The van der Waals surface area contributed by atoms with Crippen LogP contribution in [0.2, 0.25) is 0 Å². The number of likely N-dealkylation sites (N-methyl/N-ethyl adjacent to an activating group) is 1. The molecule has 0 aliphatic carbocycles. The second kappa shape index (κ2) is 9.39. The van der Waals surface area contributed by atoms with Gasteiger partial charge in [0.15, 0.2) is 0 Å². The van der Waals surface area contributed by atoms with E-state index in [-0.39, 0.29) is 12.4 Å². The fraction of sp³-hybridized carbons (Fsp3) is 0.667. The molecule has 0 amide bonds. The molecule has 22 heavy (non-hydrogen) atoms. The normalized spacial score (nSPS) is 19.0. The van der Waals surface area contributed by atoms with E-state index < -0.39 is 0 Å². The fourth-order valence-corrected chi connectivity index (χ4v) is 3.06. The Morgan fingerprint density at radius 1 is 1.23 bits per heavy atom. The van der Waals surface area contributed by atoms with E-state index in [1.165, 1.54) is 43.6 Å². The Morgan fingerprint density at radius 2 is 1.91 bits per heavy atom. The van der Waals surface area contributed by atoms with Crippen LogP contribution < -0.4 is 4.74 Å². The number of ether oxygens (including phenoxy) is 1. The maximum Gasteiger partial charge on any atom is 0.125 e. The maximum absolute atomic E-state index is 6.14. The van der Waals surface area contributed by atoms with Crippen molar-refractivity contribution in [3.63, 3.8) is 0 Å². The van der Waals surface area contributed by atoms with Crippen molar-refractivity contribution in [1.82, 2.24) is 9.80 Å². The predicted molar refractivity (Wildman–Crippen MR) is 96.4 cm³/mol. The lowest BCUT2D eigenvalue weighted by atomic mass is 9.99. The summed E-state index contributed by atoms with van der Waals surface area (Å²) in [6.45, 7) is 9.85. The molecule has 1 aliphatic heterocycles.